The highest BCUT2D eigenvalue weighted by molar-refractivity contribution is 5.86. The van der Waals surface area contributed by atoms with Gasteiger partial charge in [-0.25, -0.2) is 0 Å². The highest BCUT2D eigenvalue weighted by Gasteiger charge is 2.23. The first-order valence-corrected chi connectivity index (χ1v) is 6.70. The quantitative estimate of drug-likeness (QED) is 0.908. The molecule has 0 bridgehead atoms. The summed E-state index contributed by atoms with van der Waals surface area (Å²) in [5.74, 6) is 0.278. The van der Waals surface area contributed by atoms with E-state index in [-0.39, 0.29) is 11.8 Å². The van der Waals surface area contributed by atoms with Crippen LogP contribution < -0.4 is 5.32 Å². The van der Waals surface area contributed by atoms with Gasteiger partial charge in [0, 0.05) is 13.0 Å². The van der Waals surface area contributed by atoms with Crippen LogP contribution in [0.25, 0.3) is 0 Å². The molecular formula is C17H17NO. The molecule has 1 aliphatic rings. The number of carbonyl (C=O) groups is 1. The summed E-state index contributed by atoms with van der Waals surface area (Å²) >= 11 is 0. The van der Waals surface area contributed by atoms with E-state index in [1.165, 1.54) is 11.1 Å². The monoisotopic (exact) mass is 251 g/mol. The Morgan fingerprint density at radius 1 is 1.00 bits per heavy atom. The van der Waals surface area contributed by atoms with Crippen molar-refractivity contribution in [1.82, 2.24) is 5.32 Å². The smallest absolute Gasteiger partial charge is 0.154 e. The van der Waals surface area contributed by atoms with E-state index in [1.54, 1.807) is 0 Å². The average Bonchev–Trinajstić information content (AvgIpc) is 2.48. The lowest BCUT2D eigenvalue weighted by Crippen LogP contribution is -2.42. The van der Waals surface area contributed by atoms with Gasteiger partial charge >= 0.3 is 0 Å². The van der Waals surface area contributed by atoms with Crippen molar-refractivity contribution in [1.29, 1.82) is 0 Å². The van der Waals surface area contributed by atoms with E-state index in [9.17, 15) is 4.79 Å². The predicted octanol–water partition coefficient (Wildman–Crippen LogP) is 2.51. The van der Waals surface area contributed by atoms with Crippen LogP contribution in [0.4, 0.5) is 0 Å². The van der Waals surface area contributed by atoms with Crippen molar-refractivity contribution in [2.75, 3.05) is 0 Å². The number of hydrogen-bond donors (Lipinski definition) is 1. The fourth-order valence-corrected chi connectivity index (χ4v) is 2.60. The first kappa shape index (κ1) is 12.1. The van der Waals surface area contributed by atoms with Gasteiger partial charge in [-0.15, -0.1) is 0 Å². The van der Waals surface area contributed by atoms with E-state index in [0.29, 0.717) is 6.42 Å². The molecule has 2 aromatic rings. The molecule has 1 atom stereocenters. The lowest BCUT2D eigenvalue weighted by atomic mass is 9.91. The molecule has 0 fully saturated rings. The van der Waals surface area contributed by atoms with Gasteiger partial charge in [-0.2, -0.15) is 0 Å². The van der Waals surface area contributed by atoms with Gasteiger partial charge < -0.3 is 5.32 Å². The van der Waals surface area contributed by atoms with Gasteiger partial charge in [0.05, 0.1) is 6.04 Å². The maximum absolute atomic E-state index is 12.3. The fraction of sp³-hybridized carbons (Fsp3) is 0.235. The van der Waals surface area contributed by atoms with Crippen LogP contribution in [-0.4, -0.2) is 11.8 Å². The second-order valence-corrected chi connectivity index (χ2v) is 5.04. The van der Waals surface area contributed by atoms with Crippen LogP contribution >= 0.6 is 0 Å². The number of nitrogens with one attached hydrogen (secondary N) is 1. The molecule has 0 amide bonds. The Morgan fingerprint density at radius 3 is 2.47 bits per heavy atom. The summed E-state index contributed by atoms with van der Waals surface area (Å²) in [6.07, 6.45) is 1.32. The van der Waals surface area contributed by atoms with Crippen molar-refractivity contribution < 1.29 is 4.79 Å². The van der Waals surface area contributed by atoms with Gasteiger partial charge in [-0.05, 0) is 23.1 Å². The molecule has 0 saturated heterocycles. The zero-order chi connectivity index (χ0) is 13.1. The molecule has 19 heavy (non-hydrogen) atoms. The van der Waals surface area contributed by atoms with Gasteiger partial charge in [-0.1, -0.05) is 54.6 Å². The summed E-state index contributed by atoms with van der Waals surface area (Å²) in [6.45, 7) is 0.793. The van der Waals surface area contributed by atoms with Crippen LogP contribution in [0.2, 0.25) is 0 Å². The molecule has 0 aliphatic carbocycles. The van der Waals surface area contributed by atoms with Crippen LogP contribution in [-0.2, 0) is 24.2 Å². The van der Waals surface area contributed by atoms with Crippen LogP contribution in [0.1, 0.15) is 16.7 Å². The van der Waals surface area contributed by atoms with E-state index in [1.807, 2.05) is 42.5 Å². The lowest BCUT2D eigenvalue weighted by molar-refractivity contribution is -0.120. The zero-order valence-electron chi connectivity index (χ0n) is 10.8. The molecule has 1 aliphatic heterocycles. The van der Waals surface area contributed by atoms with Gasteiger partial charge in [0.15, 0.2) is 5.78 Å². The minimum absolute atomic E-state index is 0.0462. The first-order chi connectivity index (χ1) is 9.33. The van der Waals surface area contributed by atoms with E-state index in [2.05, 4.69) is 17.4 Å². The third-order valence-electron chi connectivity index (χ3n) is 3.69. The summed E-state index contributed by atoms with van der Waals surface area (Å²) in [5.41, 5.74) is 3.70. The van der Waals surface area contributed by atoms with Gasteiger partial charge in [0.25, 0.3) is 0 Å². The Hall–Kier alpha value is -1.93. The number of carbonyl (C=O) groups excluding carboxylic acids is 1. The lowest BCUT2D eigenvalue weighted by Gasteiger charge is -2.25. The van der Waals surface area contributed by atoms with E-state index in [4.69, 9.17) is 0 Å². The van der Waals surface area contributed by atoms with Crippen molar-refractivity contribution in [3.63, 3.8) is 0 Å². The molecule has 2 nitrogen and oxygen atoms in total. The zero-order valence-corrected chi connectivity index (χ0v) is 10.8. The maximum atomic E-state index is 12.3. The molecule has 2 heteroatoms. The topological polar surface area (TPSA) is 29.1 Å². The molecule has 1 N–H and O–H groups in total. The molecule has 0 saturated carbocycles. The summed E-state index contributed by atoms with van der Waals surface area (Å²) in [4.78, 5) is 12.3. The van der Waals surface area contributed by atoms with Crippen molar-refractivity contribution >= 4 is 5.78 Å². The molecule has 0 spiro atoms. The molecule has 0 aromatic heterocycles. The third-order valence-corrected chi connectivity index (χ3v) is 3.69. The predicted molar refractivity (Wildman–Crippen MR) is 75.9 cm³/mol. The second-order valence-electron chi connectivity index (χ2n) is 5.04. The molecule has 1 unspecified atom stereocenters. The van der Waals surface area contributed by atoms with Crippen LogP contribution in [0.5, 0.6) is 0 Å². The molecule has 1 heterocycles. The molecule has 3 rings (SSSR count). The maximum Gasteiger partial charge on any atom is 0.154 e. The standard InChI is InChI=1S/C17H17NO/c19-17(10-13-6-2-1-3-7-13)16-11-14-8-4-5-9-15(14)12-18-16/h1-9,16,18H,10-12H2. The van der Waals surface area contributed by atoms with E-state index < -0.39 is 0 Å². The summed E-state index contributed by atoms with van der Waals surface area (Å²) in [6, 6.07) is 18.2. The molecule has 0 radical (unpaired) electrons. The Morgan fingerprint density at radius 2 is 1.68 bits per heavy atom. The summed E-state index contributed by atoms with van der Waals surface area (Å²) in [7, 11) is 0. The Balaban J connectivity index is 1.70. The van der Waals surface area contributed by atoms with E-state index >= 15 is 0 Å². The molecule has 96 valence electrons. The third kappa shape index (κ3) is 2.74. The highest BCUT2D eigenvalue weighted by Crippen LogP contribution is 2.17. The number of benzene rings is 2. The summed E-state index contributed by atoms with van der Waals surface area (Å²) in [5, 5.41) is 3.35. The van der Waals surface area contributed by atoms with Crippen molar-refractivity contribution in [3.8, 4) is 0 Å². The normalized spacial score (nSPS) is 17.8. The minimum atomic E-state index is -0.0462. The molecular weight excluding hydrogens is 234 g/mol. The highest BCUT2D eigenvalue weighted by atomic mass is 16.1. The number of ketones is 1. The number of Topliss-reactive ketones (excluding diaryl/α,β-unsaturated/α-hetero) is 1. The SMILES string of the molecule is O=C(Cc1ccccc1)C1Cc2ccccc2CN1. The van der Waals surface area contributed by atoms with Crippen LogP contribution in [0.3, 0.4) is 0 Å². The fourth-order valence-electron chi connectivity index (χ4n) is 2.60. The Kier molecular flexibility index (Phi) is 3.43. The average molecular weight is 251 g/mol. The largest absolute Gasteiger partial charge is 0.303 e. The van der Waals surface area contributed by atoms with Crippen LogP contribution in [0.15, 0.2) is 54.6 Å². The minimum Gasteiger partial charge on any atom is -0.303 e. The van der Waals surface area contributed by atoms with E-state index in [0.717, 1.165) is 18.5 Å². The van der Waals surface area contributed by atoms with Crippen molar-refractivity contribution in [2.45, 2.75) is 25.4 Å². The van der Waals surface area contributed by atoms with Gasteiger partial charge in [0.2, 0.25) is 0 Å². The van der Waals surface area contributed by atoms with Crippen LogP contribution in [0, 0.1) is 0 Å². The second kappa shape index (κ2) is 5.37. The van der Waals surface area contributed by atoms with Gasteiger partial charge in [0.1, 0.15) is 0 Å². The number of hydrogen-bond acceptors (Lipinski definition) is 2. The van der Waals surface area contributed by atoms with Crippen molar-refractivity contribution in [3.05, 3.63) is 71.3 Å². The Bertz CT molecular complexity index is 577. The van der Waals surface area contributed by atoms with Gasteiger partial charge in [-0.3, -0.25) is 4.79 Å². The summed E-state index contributed by atoms with van der Waals surface area (Å²) < 4.78 is 0. The van der Waals surface area contributed by atoms with Crippen molar-refractivity contribution in [2.24, 2.45) is 0 Å². The Labute approximate surface area is 113 Å². The number of rotatable bonds is 3. The number of fused-ring (bicyclic) bond motifs is 1. The first-order valence-electron chi connectivity index (χ1n) is 6.70. The molecule has 2 aromatic carbocycles.